The SMILES string of the molecule is COC(=O)C(C=O)[C@@H](CC(=O)O)c1ccc(F)cc1. The summed E-state index contributed by atoms with van der Waals surface area (Å²) in [7, 11) is 1.11. The molecule has 0 aliphatic rings. The molecule has 19 heavy (non-hydrogen) atoms. The highest BCUT2D eigenvalue weighted by molar-refractivity contribution is 5.89. The van der Waals surface area contributed by atoms with Crippen LogP contribution in [0.2, 0.25) is 0 Å². The van der Waals surface area contributed by atoms with Gasteiger partial charge in [0.25, 0.3) is 0 Å². The first-order chi connectivity index (χ1) is 8.99. The number of benzene rings is 1. The third kappa shape index (κ3) is 3.87. The number of hydrogen-bond donors (Lipinski definition) is 1. The van der Waals surface area contributed by atoms with Crippen molar-refractivity contribution < 1.29 is 28.6 Å². The van der Waals surface area contributed by atoms with Crippen LogP contribution in [0.1, 0.15) is 17.9 Å². The van der Waals surface area contributed by atoms with E-state index in [1.807, 2.05) is 0 Å². The molecular weight excluding hydrogens is 255 g/mol. The van der Waals surface area contributed by atoms with E-state index in [0.29, 0.717) is 11.8 Å². The van der Waals surface area contributed by atoms with Gasteiger partial charge in [0.05, 0.1) is 13.5 Å². The Bertz CT molecular complexity index is 468. The predicted molar refractivity (Wildman–Crippen MR) is 63.0 cm³/mol. The number of carbonyl (C=O) groups is 3. The summed E-state index contributed by atoms with van der Waals surface area (Å²) >= 11 is 0. The molecule has 1 rings (SSSR count). The molecule has 0 saturated heterocycles. The van der Waals surface area contributed by atoms with E-state index in [1.165, 1.54) is 12.1 Å². The lowest BCUT2D eigenvalue weighted by Crippen LogP contribution is -2.27. The summed E-state index contributed by atoms with van der Waals surface area (Å²) in [5.41, 5.74) is 0.395. The maximum absolute atomic E-state index is 12.8. The van der Waals surface area contributed by atoms with Crippen molar-refractivity contribution in [2.24, 2.45) is 5.92 Å². The average molecular weight is 268 g/mol. The van der Waals surface area contributed by atoms with E-state index in [-0.39, 0.29) is 0 Å². The second-order valence-corrected chi connectivity index (χ2v) is 3.94. The number of aliphatic carboxylic acids is 1. The first-order valence-corrected chi connectivity index (χ1v) is 5.50. The monoisotopic (exact) mass is 268 g/mol. The molecule has 0 radical (unpaired) electrons. The number of ether oxygens (including phenoxy) is 1. The van der Waals surface area contributed by atoms with E-state index in [2.05, 4.69) is 4.74 Å². The molecule has 1 aromatic carbocycles. The number of halogens is 1. The molecule has 1 unspecified atom stereocenters. The van der Waals surface area contributed by atoms with Crippen molar-refractivity contribution in [3.8, 4) is 0 Å². The van der Waals surface area contributed by atoms with Gasteiger partial charge < -0.3 is 14.6 Å². The number of rotatable bonds is 6. The van der Waals surface area contributed by atoms with Gasteiger partial charge in [0.1, 0.15) is 18.0 Å². The van der Waals surface area contributed by atoms with Gasteiger partial charge in [0.15, 0.2) is 0 Å². The third-order valence-electron chi connectivity index (χ3n) is 2.75. The summed E-state index contributed by atoms with van der Waals surface area (Å²) in [6, 6.07) is 4.98. The summed E-state index contributed by atoms with van der Waals surface area (Å²) in [6.45, 7) is 0. The lowest BCUT2D eigenvalue weighted by Gasteiger charge is -2.19. The number of carboxylic acids is 1. The summed E-state index contributed by atoms with van der Waals surface area (Å²) in [6.07, 6.45) is -0.0765. The molecule has 0 saturated carbocycles. The zero-order valence-electron chi connectivity index (χ0n) is 10.2. The second-order valence-electron chi connectivity index (χ2n) is 3.94. The molecule has 0 aliphatic carbocycles. The zero-order chi connectivity index (χ0) is 14.4. The highest BCUT2D eigenvalue weighted by Crippen LogP contribution is 2.28. The molecule has 0 aromatic heterocycles. The molecule has 0 amide bonds. The lowest BCUT2D eigenvalue weighted by atomic mass is 9.84. The number of hydrogen-bond acceptors (Lipinski definition) is 4. The summed E-state index contributed by atoms with van der Waals surface area (Å²) < 4.78 is 17.3. The summed E-state index contributed by atoms with van der Waals surface area (Å²) in [4.78, 5) is 33.3. The first kappa shape index (κ1) is 14.8. The Kier molecular flexibility index (Phi) is 5.17. The van der Waals surface area contributed by atoms with Gasteiger partial charge in [-0.25, -0.2) is 4.39 Å². The molecule has 2 atom stereocenters. The van der Waals surface area contributed by atoms with E-state index >= 15 is 0 Å². The van der Waals surface area contributed by atoms with E-state index in [4.69, 9.17) is 5.11 Å². The standard InChI is InChI=1S/C13H13FO5/c1-19-13(18)11(7-15)10(6-12(16)17)8-2-4-9(14)5-3-8/h2-5,7,10-11H,6H2,1H3,(H,16,17)/t10-,11?/m0/s1. The number of aldehydes is 1. The Labute approximate surface area is 109 Å². The van der Waals surface area contributed by atoms with Crippen LogP contribution in [0.5, 0.6) is 0 Å². The first-order valence-electron chi connectivity index (χ1n) is 5.50. The van der Waals surface area contributed by atoms with Crippen LogP contribution in [-0.2, 0) is 19.1 Å². The fraction of sp³-hybridized carbons (Fsp3) is 0.308. The van der Waals surface area contributed by atoms with Gasteiger partial charge in [-0.2, -0.15) is 0 Å². The minimum atomic E-state index is -1.23. The fourth-order valence-corrected chi connectivity index (χ4v) is 1.80. The molecule has 1 aromatic rings. The van der Waals surface area contributed by atoms with Crippen molar-refractivity contribution in [3.05, 3.63) is 35.6 Å². The molecule has 0 bridgehead atoms. The van der Waals surface area contributed by atoms with Gasteiger partial charge in [-0.15, -0.1) is 0 Å². The van der Waals surface area contributed by atoms with Gasteiger partial charge in [-0.1, -0.05) is 12.1 Å². The van der Waals surface area contributed by atoms with Crippen LogP contribution in [0.3, 0.4) is 0 Å². The molecule has 5 nitrogen and oxygen atoms in total. The topological polar surface area (TPSA) is 80.7 Å². The van der Waals surface area contributed by atoms with E-state index < -0.39 is 36.0 Å². The van der Waals surface area contributed by atoms with Crippen molar-refractivity contribution >= 4 is 18.2 Å². The fourth-order valence-electron chi connectivity index (χ4n) is 1.80. The Balaban J connectivity index is 3.12. The van der Waals surface area contributed by atoms with Crippen molar-refractivity contribution in [3.63, 3.8) is 0 Å². The van der Waals surface area contributed by atoms with Crippen LogP contribution >= 0.6 is 0 Å². The Morgan fingerprint density at radius 3 is 2.37 bits per heavy atom. The van der Waals surface area contributed by atoms with Gasteiger partial charge >= 0.3 is 11.9 Å². The molecule has 6 heteroatoms. The van der Waals surface area contributed by atoms with Gasteiger partial charge in [0, 0.05) is 5.92 Å². The van der Waals surface area contributed by atoms with Crippen LogP contribution in [0, 0.1) is 11.7 Å². The van der Waals surface area contributed by atoms with Gasteiger partial charge in [0.2, 0.25) is 0 Å². The number of carboxylic acid groups (broad SMARTS) is 1. The maximum Gasteiger partial charge on any atom is 0.316 e. The largest absolute Gasteiger partial charge is 0.481 e. The van der Waals surface area contributed by atoms with Crippen molar-refractivity contribution in [2.75, 3.05) is 7.11 Å². The smallest absolute Gasteiger partial charge is 0.316 e. The molecule has 1 N–H and O–H groups in total. The Morgan fingerprint density at radius 2 is 1.95 bits per heavy atom. The molecule has 0 aliphatic heterocycles. The van der Waals surface area contributed by atoms with Crippen LogP contribution in [0.15, 0.2) is 24.3 Å². The summed E-state index contributed by atoms with van der Waals surface area (Å²) in [5.74, 6) is -4.58. The molecule has 0 spiro atoms. The minimum Gasteiger partial charge on any atom is -0.481 e. The van der Waals surface area contributed by atoms with Crippen LogP contribution in [-0.4, -0.2) is 30.4 Å². The minimum absolute atomic E-state index is 0.350. The Hall–Kier alpha value is -2.24. The molecule has 102 valence electrons. The van der Waals surface area contributed by atoms with E-state index in [9.17, 15) is 18.8 Å². The Morgan fingerprint density at radius 1 is 1.37 bits per heavy atom. The van der Waals surface area contributed by atoms with Crippen LogP contribution in [0.25, 0.3) is 0 Å². The van der Waals surface area contributed by atoms with Gasteiger partial charge in [-0.3, -0.25) is 9.59 Å². The number of methoxy groups -OCH3 is 1. The number of esters is 1. The average Bonchev–Trinajstić information content (AvgIpc) is 2.38. The van der Waals surface area contributed by atoms with Crippen LogP contribution < -0.4 is 0 Å². The van der Waals surface area contributed by atoms with Crippen LogP contribution in [0.4, 0.5) is 4.39 Å². The predicted octanol–water partition coefficient (Wildman–Crippen LogP) is 1.37. The maximum atomic E-state index is 12.8. The van der Waals surface area contributed by atoms with E-state index in [1.54, 1.807) is 0 Å². The second kappa shape index (κ2) is 6.63. The third-order valence-corrected chi connectivity index (χ3v) is 2.75. The van der Waals surface area contributed by atoms with Gasteiger partial charge in [-0.05, 0) is 17.7 Å². The van der Waals surface area contributed by atoms with E-state index in [0.717, 1.165) is 19.2 Å². The normalized spacial score (nSPS) is 13.4. The highest BCUT2D eigenvalue weighted by atomic mass is 19.1. The van der Waals surface area contributed by atoms with Crippen molar-refractivity contribution in [1.29, 1.82) is 0 Å². The zero-order valence-corrected chi connectivity index (χ0v) is 10.2. The molecular formula is C13H13FO5. The molecule has 0 heterocycles. The lowest BCUT2D eigenvalue weighted by molar-refractivity contribution is -0.148. The van der Waals surface area contributed by atoms with Crippen molar-refractivity contribution in [2.45, 2.75) is 12.3 Å². The summed E-state index contributed by atoms with van der Waals surface area (Å²) in [5, 5.41) is 8.86. The number of carbonyl (C=O) groups excluding carboxylic acids is 2. The molecule has 0 fully saturated rings. The van der Waals surface area contributed by atoms with Crippen molar-refractivity contribution in [1.82, 2.24) is 0 Å². The quantitative estimate of drug-likeness (QED) is 0.479. The highest BCUT2D eigenvalue weighted by Gasteiger charge is 2.32.